The van der Waals surface area contributed by atoms with E-state index in [1.807, 2.05) is 0 Å². The van der Waals surface area contributed by atoms with Gasteiger partial charge in [0.1, 0.15) is 42.4 Å². The van der Waals surface area contributed by atoms with Gasteiger partial charge in [0.2, 0.25) is 11.7 Å². The summed E-state index contributed by atoms with van der Waals surface area (Å²) in [6.45, 7) is -0.884. The van der Waals surface area contributed by atoms with Gasteiger partial charge in [0.25, 0.3) is 0 Å². The van der Waals surface area contributed by atoms with Crippen molar-refractivity contribution in [2.24, 2.45) is 0 Å². The van der Waals surface area contributed by atoms with Crippen LogP contribution in [0.25, 0.3) is 0 Å². The Bertz CT molecular complexity index is 1310. The molecular weight excluding hydrogens is 691 g/mol. The third-order valence-corrected chi connectivity index (χ3v) is 9.13. The van der Waals surface area contributed by atoms with E-state index < -0.39 is 99.8 Å². The Hall–Kier alpha value is -2.12. The zero-order chi connectivity index (χ0) is 35.6. The van der Waals surface area contributed by atoms with Crippen LogP contribution in [0.5, 0.6) is 0 Å². The van der Waals surface area contributed by atoms with Gasteiger partial charge < -0.3 is 65.5 Å². The van der Waals surface area contributed by atoms with Crippen LogP contribution < -0.4 is 16.7 Å². The molecule has 274 valence electrons. The lowest BCUT2D eigenvalue weighted by atomic mass is 9.89. The van der Waals surface area contributed by atoms with Crippen molar-refractivity contribution in [1.82, 2.24) is 14.9 Å². The van der Waals surface area contributed by atoms with Crippen LogP contribution in [0.1, 0.15) is 12.6 Å². The zero-order valence-corrected chi connectivity index (χ0v) is 27.3. The number of methoxy groups -OCH3 is 1. The van der Waals surface area contributed by atoms with E-state index in [1.165, 1.54) is 24.9 Å². The molecule has 0 spiro atoms. The monoisotopic (exact) mass is 732 g/mol. The highest BCUT2D eigenvalue weighted by Crippen LogP contribution is 2.50. The molecule has 2 saturated heterocycles. The minimum absolute atomic E-state index is 0.119. The average Bonchev–Trinajstić information content (AvgIpc) is 3.32. The first kappa shape index (κ1) is 40.3. The fourth-order valence-corrected chi connectivity index (χ4v) is 6.38. The fourth-order valence-electron chi connectivity index (χ4n) is 4.79. The highest BCUT2D eigenvalue weighted by molar-refractivity contribution is 7.99. The number of thioether (sulfide) groups is 1. The minimum atomic E-state index is -5.38. The maximum Gasteiger partial charge on any atom is 0.475 e. The molecule has 3 rings (SSSR count). The lowest BCUT2D eigenvalue weighted by Crippen LogP contribution is -2.66. The summed E-state index contributed by atoms with van der Waals surface area (Å²) in [5.41, 5.74) is 4.52. The van der Waals surface area contributed by atoms with Gasteiger partial charge in [-0.3, -0.25) is 18.7 Å². The second-order valence-corrected chi connectivity index (χ2v) is 13.2. The first-order valence-corrected chi connectivity index (χ1v) is 17.1. The van der Waals surface area contributed by atoms with Gasteiger partial charge in [-0.25, -0.2) is 13.9 Å². The van der Waals surface area contributed by atoms with Crippen LogP contribution in [0.2, 0.25) is 0 Å². The number of carbonyl (C=O) groups is 2. The molecular formula is C25H41N4O17PS. The number of hydrogen-bond donors (Lipinski definition) is 9. The molecule has 1 aromatic rings. The number of amides is 1. The van der Waals surface area contributed by atoms with Gasteiger partial charge in [0, 0.05) is 25.5 Å². The highest BCUT2D eigenvalue weighted by Gasteiger charge is 2.55. The number of nitrogens with two attached hydrogens (primary N) is 1. The Balaban J connectivity index is 1.67. The third-order valence-electron chi connectivity index (χ3n) is 7.19. The summed E-state index contributed by atoms with van der Waals surface area (Å²) < 4.78 is 44.7. The van der Waals surface area contributed by atoms with Crippen molar-refractivity contribution >= 4 is 37.6 Å². The van der Waals surface area contributed by atoms with Crippen molar-refractivity contribution in [3.63, 3.8) is 0 Å². The molecule has 3 heterocycles. The van der Waals surface area contributed by atoms with Crippen LogP contribution >= 0.6 is 19.6 Å². The molecule has 4 unspecified atom stereocenters. The molecule has 23 heteroatoms. The van der Waals surface area contributed by atoms with Crippen molar-refractivity contribution in [3.05, 3.63) is 22.7 Å². The van der Waals surface area contributed by atoms with Gasteiger partial charge in [-0.1, -0.05) is 0 Å². The minimum Gasteiger partial charge on any atom is -0.394 e. The maximum atomic E-state index is 13.0. The Morgan fingerprint density at radius 2 is 2.02 bits per heavy atom. The Morgan fingerprint density at radius 1 is 1.29 bits per heavy atom. The number of ether oxygens (including phenoxy) is 4. The lowest BCUT2D eigenvalue weighted by molar-refractivity contribution is -0.274. The number of rotatable bonds is 19. The molecule has 21 nitrogen and oxygen atoms in total. The number of phosphoric acid groups is 1. The van der Waals surface area contributed by atoms with Crippen LogP contribution in [0, 0.1) is 0 Å². The first-order chi connectivity index (χ1) is 22.7. The summed E-state index contributed by atoms with van der Waals surface area (Å²) in [7, 11) is -3.86. The van der Waals surface area contributed by atoms with Crippen LogP contribution in [-0.2, 0) is 42.1 Å². The highest BCUT2D eigenvalue weighted by atomic mass is 32.2. The summed E-state index contributed by atoms with van der Waals surface area (Å²) in [5.74, 6) is -3.29. The number of phosphoric ester groups is 1. The van der Waals surface area contributed by atoms with Crippen molar-refractivity contribution in [2.75, 3.05) is 57.4 Å². The van der Waals surface area contributed by atoms with Gasteiger partial charge in [-0.15, -0.1) is 11.8 Å². The first-order valence-electron chi connectivity index (χ1n) is 14.4. The second-order valence-electron chi connectivity index (χ2n) is 10.7. The van der Waals surface area contributed by atoms with E-state index in [9.17, 15) is 54.5 Å². The average molecular weight is 733 g/mol. The number of aldehydes is 1. The molecule has 10 N–H and O–H groups in total. The molecule has 0 bridgehead atoms. The number of nitrogen functional groups attached to an aromatic ring is 1. The van der Waals surface area contributed by atoms with Crippen LogP contribution in [0.15, 0.2) is 17.1 Å². The van der Waals surface area contributed by atoms with Gasteiger partial charge >= 0.3 is 13.5 Å². The van der Waals surface area contributed by atoms with Crippen molar-refractivity contribution < 1.29 is 77.7 Å². The van der Waals surface area contributed by atoms with Crippen LogP contribution in [-0.4, -0.2) is 163 Å². The molecule has 48 heavy (non-hydrogen) atoms. The van der Waals surface area contributed by atoms with E-state index in [1.54, 1.807) is 0 Å². The van der Waals surface area contributed by atoms with E-state index in [2.05, 4.69) is 10.3 Å². The van der Waals surface area contributed by atoms with E-state index in [0.717, 1.165) is 10.8 Å². The summed E-state index contributed by atoms with van der Waals surface area (Å²) in [6, 6.07) is -0.281. The predicted octanol–water partition coefficient (Wildman–Crippen LogP) is -4.78. The van der Waals surface area contributed by atoms with E-state index >= 15 is 0 Å². The largest absolute Gasteiger partial charge is 0.475 e. The number of hydrogen-bond acceptors (Lipinski definition) is 19. The summed E-state index contributed by atoms with van der Waals surface area (Å²) in [6.07, 6.45) is -14.0. The van der Waals surface area contributed by atoms with Crippen molar-refractivity contribution in [1.29, 1.82) is 0 Å². The summed E-state index contributed by atoms with van der Waals surface area (Å²) in [4.78, 5) is 51.0. The SMILES string of the molecule is COCCOCCSCC(=O)N[C@H]1C([C@H](O)[C@H](O)CO)O[C@@](C=O)(OP(=O)(O)OCC2OC(n3ccc(N)nc3=O)[C@H](O)[C@@H]2O)C[C@H]1O. The van der Waals surface area contributed by atoms with Gasteiger partial charge in [-0.05, 0) is 6.07 Å². The molecule has 0 aromatic carbocycles. The molecule has 0 radical (unpaired) electrons. The fraction of sp³-hybridized carbons (Fsp3) is 0.760. The number of aliphatic hydroxyl groups is 6. The molecule has 0 saturated carbocycles. The lowest BCUT2D eigenvalue weighted by Gasteiger charge is -2.46. The number of nitrogens with one attached hydrogen (secondary N) is 1. The smallest absolute Gasteiger partial charge is 0.394 e. The molecule has 1 amide bonds. The van der Waals surface area contributed by atoms with Crippen LogP contribution in [0.3, 0.4) is 0 Å². The number of aromatic nitrogens is 2. The second kappa shape index (κ2) is 18.2. The van der Waals surface area contributed by atoms with Crippen LogP contribution in [0.4, 0.5) is 5.82 Å². The number of nitrogens with zero attached hydrogens (tertiary/aromatic N) is 2. The van der Waals surface area contributed by atoms with E-state index in [0.29, 0.717) is 25.6 Å². The topological polar surface area (TPSA) is 321 Å². The quantitative estimate of drug-likeness (QED) is 0.0366. The molecule has 2 aliphatic rings. The molecule has 2 aliphatic heterocycles. The number of aliphatic hydroxyl groups excluding tert-OH is 6. The number of anilines is 1. The summed E-state index contributed by atoms with van der Waals surface area (Å²) in [5, 5.41) is 64.3. The van der Waals surface area contributed by atoms with E-state index in [-0.39, 0.29) is 17.9 Å². The predicted molar refractivity (Wildman–Crippen MR) is 161 cm³/mol. The molecule has 2 fully saturated rings. The standard InChI is InChI=1S/C25H41N4O17PS/c1-41-4-5-42-6-7-48-11-17(34)28-18-13(32)8-25(12-31,45-22(18)19(35)14(33)9-30)46-47(39,40)43-10-15-20(36)21(37)23(44-15)29-3-2-16(26)27-24(29)38/h2-3,12-15,18-23,30,32-33,35-37H,4-11H2,1H3,(H,28,34)(H,39,40)(H2,26,27,38)/t13-,14-,15?,18-,19-,20-,21-,22?,23?,25-/m1/s1. The zero-order valence-electron chi connectivity index (χ0n) is 25.6. The normalized spacial score (nSPS) is 31.5. The third kappa shape index (κ3) is 10.7. The molecule has 0 aliphatic carbocycles. The van der Waals surface area contributed by atoms with Crippen molar-refractivity contribution in [2.45, 2.75) is 67.2 Å². The Morgan fingerprint density at radius 3 is 2.67 bits per heavy atom. The number of carbonyl (C=O) groups excluding carboxylic acids is 2. The van der Waals surface area contributed by atoms with Crippen molar-refractivity contribution in [3.8, 4) is 0 Å². The summed E-state index contributed by atoms with van der Waals surface area (Å²) >= 11 is 1.17. The molecule has 1 aromatic heterocycles. The van der Waals surface area contributed by atoms with Gasteiger partial charge in [0.15, 0.2) is 12.5 Å². The maximum absolute atomic E-state index is 13.0. The Kier molecular flexibility index (Phi) is 15.3. The molecule has 11 atom stereocenters. The van der Waals surface area contributed by atoms with Gasteiger partial charge in [-0.2, -0.15) is 4.98 Å². The van der Waals surface area contributed by atoms with Gasteiger partial charge in [0.05, 0.1) is 50.9 Å². The van der Waals surface area contributed by atoms with E-state index in [4.69, 9.17) is 33.7 Å². The Labute approximate surface area is 277 Å².